The molecule has 0 aliphatic heterocycles. The van der Waals surface area contributed by atoms with Gasteiger partial charge in [0.25, 0.3) is 0 Å². The Balaban J connectivity index is 1.83. The van der Waals surface area contributed by atoms with Crippen LogP contribution in [-0.2, 0) is 12.8 Å². The molecular weight excluding hydrogens is 252 g/mol. The summed E-state index contributed by atoms with van der Waals surface area (Å²) in [5.74, 6) is 0.517. The molecule has 1 unspecified atom stereocenters. The minimum absolute atomic E-state index is 0.173. The summed E-state index contributed by atoms with van der Waals surface area (Å²) in [5, 5.41) is 0. The van der Waals surface area contributed by atoms with Crippen molar-refractivity contribution < 1.29 is 4.79 Å². The number of fused-ring (bicyclic) bond motifs is 1. The van der Waals surface area contributed by atoms with Crippen molar-refractivity contribution in [3.63, 3.8) is 0 Å². The van der Waals surface area contributed by atoms with E-state index in [2.05, 4.69) is 44.2 Å². The van der Waals surface area contributed by atoms with Crippen molar-refractivity contribution in [3.05, 3.63) is 56.8 Å². The number of Topliss-reactive ketones (excluding diaryl/α,β-unsaturated/α-hetero) is 1. The Hall–Kier alpha value is -1.41. The van der Waals surface area contributed by atoms with Crippen molar-refractivity contribution in [1.29, 1.82) is 0 Å². The molecule has 1 aliphatic carbocycles. The number of thiophene rings is 1. The predicted octanol–water partition coefficient (Wildman–Crippen LogP) is 4.35. The number of ketones is 1. The topological polar surface area (TPSA) is 17.1 Å². The van der Waals surface area contributed by atoms with Gasteiger partial charge >= 0.3 is 0 Å². The number of carbonyl (C=O) groups is 1. The minimum Gasteiger partial charge on any atom is -0.293 e. The van der Waals surface area contributed by atoms with Crippen LogP contribution in [0.25, 0.3) is 0 Å². The van der Waals surface area contributed by atoms with E-state index in [1.165, 1.54) is 21.6 Å². The Labute approximate surface area is 118 Å². The summed E-state index contributed by atoms with van der Waals surface area (Å²) in [6, 6.07) is 10.6. The second-order valence-corrected chi connectivity index (χ2v) is 6.68. The molecule has 1 aliphatic rings. The maximum Gasteiger partial charge on any atom is 0.176 e. The number of benzene rings is 1. The fraction of sp³-hybridized carbons (Fsp3) is 0.353. The first kappa shape index (κ1) is 12.6. The van der Waals surface area contributed by atoms with Crippen LogP contribution in [0.5, 0.6) is 0 Å². The Bertz CT molecular complexity index is 604. The van der Waals surface area contributed by atoms with Crippen molar-refractivity contribution in [2.24, 2.45) is 5.92 Å². The summed E-state index contributed by atoms with van der Waals surface area (Å²) in [5.41, 5.74) is 4.02. The van der Waals surface area contributed by atoms with Crippen LogP contribution >= 0.6 is 11.3 Å². The predicted molar refractivity (Wildman–Crippen MR) is 80.1 cm³/mol. The second-order valence-electron chi connectivity index (χ2n) is 5.42. The van der Waals surface area contributed by atoms with Gasteiger partial charge in [-0.15, -0.1) is 11.3 Å². The van der Waals surface area contributed by atoms with Gasteiger partial charge in [-0.25, -0.2) is 0 Å². The average molecular weight is 270 g/mol. The molecule has 0 fully saturated rings. The maximum absolute atomic E-state index is 12.6. The minimum atomic E-state index is 0.173. The van der Waals surface area contributed by atoms with E-state index in [0.29, 0.717) is 5.78 Å². The van der Waals surface area contributed by atoms with Crippen molar-refractivity contribution in [3.8, 4) is 0 Å². The summed E-state index contributed by atoms with van der Waals surface area (Å²) in [6.45, 7) is 4.17. The maximum atomic E-state index is 12.6. The fourth-order valence-electron chi connectivity index (χ4n) is 2.82. The zero-order valence-electron chi connectivity index (χ0n) is 11.4. The van der Waals surface area contributed by atoms with E-state index in [0.717, 1.165) is 24.1 Å². The fourth-order valence-corrected chi connectivity index (χ4v) is 3.87. The molecule has 0 spiro atoms. The average Bonchev–Trinajstić information content (AvgIpc) is 2.77. The molecule has 0 radical (unpaired) electrons. The SMILES string of the molecule is Cc1cc(C(=O)C2CCc3ccccc3C2)sc1C. The molecule has 0 saturated carbocycles. The van der Waals surface area contributed by atoms with Crippen LogP contribution in [0.15, 0.2) is 30.3 Å². The number of rotatable bonds is 2. The summed E-state index contributed by atoms with van der Waals surface area (Å²) in [7, 11) is 0. The third kappa shape index (κ3) is 2.37. The smallest absolute Gasteiger partial charge is 0.176 e. The number of carbonyl (C=O) groups excluding carboxylic acids is 1. The molecule has 2 heteroatoms. The van der Waals surface area contributed by atoms with E-state index in [1.54, 1.807) is 11.3 Å². The Morgan fingerprint density at radius 1 is 1.21 bits per heavy atom. The molecule has 1 nitrogen and oxygen atoms in total. The molecule has 19 heavy (non-hydrogen) atoms. The molecule has 0 N–H and O–H groups in total. The molecule has 2 aromatic rings. The Morgan fingerprint density at radius 3 is 2.63 bits per heavy atom. The summed E-state index contributed by atoms with van der Waals surface area (Å²) >= 11 is 1.65. The van der Waals surface area contributed by atoms with Gasteiger partial charge in [0.05, 0.1) is 4.88 Å². The lowest BCUT2D eigenvalue weighted by Gasteiger charge is -2.23. The molecule has 1 atom stereocenters. The molecule has 0 bridgehead atoms. The standard InChI is InChI=1S/C17H18OS/c1-11-9-16(19-12(11)2)17(18)15-8-7-13-5-3-4-6-14(13)10-15/h3-6,9,15H,7-8,10H2,1-2H3. The van der Waals surface area contributed by atoms with Crippen LogP contribution in [-0.4, -0.2) is 5.78 Å². The lowest BCUT2D eigenvalue weighted by molar-refractivity contribution is 0.0913. The van der Waals surface area contributed by atoms with E-state index in [-0.39, 0.29) is 5.92 Å². The zero-order valence-corrected chi connectivity index (χ0v) is 12.2. The van der Waals surface area contributed by atoms with Crippen LogP contribution in [0.2, 0.25) is 0 Å². The highest BCUT2D eigenvalue weighted by molar-refractivity contribution is 7.14. The Kier molecular flexibility index (Phi) is 3.28. The number of hydrogen-bond donors (Lipinski definition) is 0. The highest BCUT2D eigenvalue weighted by atomic mass is 32.1. The molecule has 98 valence electrons. The molecular formula is C17H18OS. The molecule has 1 aromatic carbocycles. The van der Waals surface area contributed by atoms with Gasteiger partial charge in [-0.05, 0) is 55.9 Å². The Morgan fingerprint density at radius 2 is 1.95 bits per heavy atom. The highest BCUT2D eigenvalue weighted by Gasteiger charge is 2.26. The monoisotopic (exact) mass is 270 g/mol. The van der Waals surface area contributed by atoms with Gasteiger partial charge in [0.1, 0.15) is 0 Å². The van der Waals surface area contributed by atoms with Crippen molar-refractivity contribution >= 4 is 17.1 Å². The van der Waals surface area contributed by atoms with Crippen LogP contribution in [0.1, 0.15) is 37.7 Å². The zero-order chi connectivity index (χ0) is 13.4. The third-order valence-corrected chi connectivity index (χ3v) is 5.29. The molecule has 1 aromatic heterocycles. The van der Waals surface area contributed by atoms with Crippen molar-refractivity contribution in [1.82, 2.24) is 0 Å². The first-order chi connectivity index (χ1) is 9.15. The van der Waals surface area contributed by atoms with Gasteiger partial charge in [-0.1, -0.05) is 24.3 Å². The van der Waals surface area contributed by atoms with Crippen LogP contribution < -0.4 is 0 Å². The summed E-state index contributed by atoms with van der Waals surface area (Å²) < 4.78 is 0. The van der Waals surface area contributed by atoms with Crippen LogP contribution in [0.4, 0.5) is 0 Å². The van der Waals surface area contributed by atoms with E-state index in [9.17, 15) is 4.79 Å². The lowest BCUT2D eigenvalue weighted by atomic mass is 9.81. The van der Waals surface area contributed by atoms with E-state index in [1.807, 2.05) is 0 Å². The highest BCUT2D eigenvalue weighted by Crippen LogP contribution is 2.30. The number of hydrogen-bond acceptors (Lipinski definition) is 2. The summed E-state index contributed by atoms with van der Waals surface area (Å²) in [4.78, 5) is 14.8. The van der Waals surface area contributed by atoms with E-state index in [4.69, 9.17) is 0 Å². The van der Waals surface area contributed by atoms with Gasteiger partial charge in [0.2, 0.25) is 0 Å². The number of aryl methyl sites for hydroxylation is 3. The largest absolute Gasteiger partial charge is 0.293 e. The normalized spacial score (nSPS) is 18.1. The molecule has 3 rings (SSSR count). The van der Waals surface area contributed by atoms with Gasteiger partial charge in [0.15, 0.2) is 5.78 Å². The van der Waals surface area contributed by atoms with Crippen LogP contribution in [0, 0.1) is 19.8 Å². The van der Waals surface area contributed by atoms with Gasteiger partial charge in [0, 0.05) is 10.8 Å². The van der Waals surface area contributed by atoms with Crippen molar-refractivity contribution in [2.45, 2.75) is 33.1 Å². The molecule has 1 heterocycles. The first-order valence-electron chi connectivity index (χ1n) is 6.83. The van der Waals surface area contributed by atoms with E-state index < -0.39 is 0 Å². The molecule has 0 amide bonds. The molecule has 0 saturated heterocycles. The lowest BCUT2D eigenvalue weighted by Crippen LogP contribution is -2.22. The van der Waals surface area contributed by atoms with Gasteiger partial charge in [-0.3, -0.25) is 4.79 Å². The van der Waals surface area contributed by atoms with Gasteiger partial charge in [-0.2, -0.15) is 0 Å². The first-order valence-corrected chi connectivity index (χ1v) is 7.65. The summed E-state index contributed by atoms with van der Waals surface area (Å²) in [6.07, 6.45) is 2.94. The second kappa shape index (κ2) is 4.93. The quantitative estimate of drug-likeness (QED) is 0.741. The van der Waals surface area contributed by atoms with E-state index >= 15 is 0 Å². The van der Waals surface area contributed by atoms with Crippen molar-refractivity contribution in [2.75, 3.05) is 0 Å². The third-order valence-electron chi connectivity index (χ3n) is 4.13. The van der Waals surface area contributed by atoms with Gasteiger partial charge < -0.3 is 0 Å². The van der Waals surface area contributed by atoms with Crippen LogP contribution in [0.3, 0.4) is 0 Å².